The molecule has 0 saturated carbocycles. The van der Waals surface area contributed by atoms with Gasteiger partial charge in [0.2, 0.25) is 10.0 Å². The molecule has 0 amide bonds. The van der Waals surface area contributed by atoms with E-state index in [2.05, 4.69) is 15.6 Å². The van der Waals surface area contributed by atoms with E-state index >= 15 is 0 Å². The number of guanidine groups is 1. The molecule has 1 aromatic carbocycles. The number of fused-ring (bicyclic) bond motifs is 1. The highest BCUT2D eigenvalue weighted by Crippen LogP contribution is 2.25. The predicted molar refractivity (Wildman–Crippen MR) is 124 cm³/mol. The van der Waals surface area contributed by atoms with E-state index < -0.39 is 10.0 Å². The molecule has 1 aromatic heterocycles. The van der Waals surface area contributed by atoms with Gasteiger partial charge in [0.1, 0.15) is 17.2 Å². The van der Waals surface area contributed by atoms with Crippen LogP contribution in [0.25, 0.3) is 11.0 Å². The van der Waals surface area contributed by atoms with Crippen molar-refractivity contribution in [3.05, 3.63) is 35.3 Å². The average Bonchev–Trinajstić information content (AvgIpc) is 3.00. The van der Waals surface area contributed by atoms with Crippen LogP contribution in [0.1, 0.15) is 31.1 Å². The van der Waals surface area contributed by atoms with Gasteiger partial charge in [-0.2, -0.15) is 0 Å². The number of benzene rings is 1. The minimum Gasteiger partial charge on any atom is -0.459 e. The predicted octanol–water partition coefficient (Wildman–Crippen LogP) is 2.98. The van der Waals surface area contributed by atoms with E-state index in [4.69, 9.17) is 4.42 Å². The Labute approximate surface area is 188 Å². The molecule has 2 heterocycles. The van der Waals surface area contributed by atoms with Gasteiger partial charge in [0.25, 0.3) is 0 Å². The van der Waals surface area contributed by atoms with Gasteiger partial charge in [0.15, 0.2) is 5.96 Å². The molecule has 3 rings (SSSR count). The summed E-state index contributed by atoms with van der Waals surface area (Å²) in [4.78, 5) is 4.24. The third kappa shape index (κ3) is 5.60. The highest BCUT2D eigenvalue weighted by Gasteiger charge is 2.27. The number of hydrogen-bond acceptors (Lipinski definition) is 4. The smallest absolute Gasteiger partial charge is 0.213 e. The van der Waals surface area contributed by atoms with E-state index in [-0.39, 0.29) is 41.6 Å². The molecule has 0 aliphatic carbocycles. The van der Waals surface area contributed by atoms with Crippen LogP contribution in [0, 0.1) is 12.7 Å². The first-order chi connectivity index (χ1) is 13.3. The number of halogens is 2. The maximum absolute atomic E-state index is 13.5. The standard InChI is InChI=1S/C19H27FN4O3S.HI/c1-4-28(25,26)24-9-7-15(8-10-24)23-19(21-3)22-12-18-13(2)16-11-14(20)5-6-17(16)27-18;/h5-6,11,15H,4,7-10,12H2,1-3H3,(H2,21,22,23);1H. The third-order valence-electron chi connectivity index (χ3n) is 5.19. The molecule has 0 atom stereocenters. The van der Waals surface area contributed by atoms with Crippen molar-refractivity contribution in [1.29, 1.82) is 0 Å². The van der Waals surface area contributed by atoms with Crippen LogP contribution in [-0.4, -0.2) is 50.6 Å². The first-order valence-corrected chi connectivity index (χ1v) is 11.1. The minimum atomic E-state index is -3.13. The van der Waals surface area contributed by atoms with E-state index in [0.29, 0.717) is 31.2 Å². The third-order valence-corrected chi connectivity index (χ3v) is 7.07. The lowest BCUT2D eigenvalue weighted by atomic mass is 10.1. The fourth-order valence-electron chi connectivity index (χ4n) is 3.43. The van der Waals surface area contributed by atoms with E-state index in [1.165, 1.54) is 12.1 Å². The van der Waals surface area contributed by atoms with Crippen molar-refractivity contribution < 1.29 is 17.2 Å². The number of nitrogens with zero attached hydrogens (tertiary/aromatic N) is 2. The Morgan fingerprint density at radius 1 is 1.34 bits per heavy atom. The summed E-state index contributed by atoms with van der Waals surface area (Å²) in [5.41, 5.74) is 1.55. The monoisotopic (exact) mass is 538 g/mol. The van der Waals surface area contributed by atoms with Crippen LogP contribution in [0.4, 0.5) is 4.39 Å². The van der Waals surface area contributed by atoms with Gasteiger partial charge in [0.05, 0.1) is 12.3 Å². The molecule has 2 N–H and O–H groups in total. The lowest BCUT2D eigenvalue weighted by Crippen LogP contribution is -2.49. The fourth-order valence-corrected chi connectivity index (χ4v) is 4.56. The van der Waals surface area contributed by atoms with Crippen molar-refractivity contribution in [2.45, 2.75) is 39.3 Å². The molecule has 1 aliphatic heterocycles. The van der Waals surface area contributed by atoms with Gasteiger partial charge < -0.3 is 15.1 Å². The molecule has 10 heteroatoms. The van der Waals surface area contributed by atoms with Crippen molar-refractivity contribution in [1.82, 2.24) is 14.9 Å². The Balaban J connectivity index is 0.00000300. The van der Waals surface area contributed by atoms with E-state index in [1.807, 2.05) is 6.92 Å². The highest BCUT2D eigenvalue weighted by atomic mass is 127. The lowest BCUT2D eigenvalue weighted by molar-refractivity contribution is 0.306. The second-order valence-electron chi connectivity index (χ2n) is 6.93. The van der Waals surface area contributed by atoms with Gasteiger partial charge in [0, 0.05) is 37.1 Å². The molecule has 1 fully saturated rings. The van der Waals surface area contributed by atoms with Crippen LogP contribution in [0.5, 0.6) is 0 Å². The van der Waals surface area contributed by atoms with Gasteiger partial charge in [-0.05, 0) is 44.9 Å². The quantitative estimate of drug-likeness (QED) is 0.348. The van der Waals surface area contributed by atoms with Gasteiger partial charge in [-0.15, -0.1) is 24.0 Å². The summed E-state index contributed by atoms with van der Waals surface area (Å²) in [5, 5.41) is 7.33. The van der Waals surface area contributed by atoms with E-state index in [0.717, 1.165) is 29.6 Å². The Morgan fingerprint density at radius 2 is 2.03 bits per heavy atom. The fraction of sp³-hybridized carbons (Fsp3) is 0.526. The molecule has 2 aromatic rings. The van der Waals surface area contributed by atoms with Crippen LogP contribution in [-0.2, 0) is 16.6 Å². The molecule has 1 saturated heterocycles. The number of rotatable bonds is 5. The number of nitrogens with one attached hydrogen (secondary N) is 2. The van der Waals surface area contributed by atoms with E-state index in [9.17, 15) is 12.8 Å². The summed E-state index contributed by atoms with van der Waals surface area (Å²) >= 11 is 0. The first kappa shape index (κ1) is 23.9. The zero-order valence-electron chi connectivity index (χ0n) is 16.9. The molecule has 1 aliphatic rings. The Kier molecular flexibility index (Phi) is 8.29. The number of hydrogen-bond donors (Lipinski definition) is 2. The lowest BCUT2D eigenvalue weighted by Gasteiger charge is -2.32. The van der Waals surface area contributed by atoms with Crippen molar-refractivity contribution in [3.63, 3.8) is 0 Å². The second kappa shape index (κ2) is 10.1. The van der Waals surface area contributed by atoms with Crippen molar-refractivity contribution in [2.24, 2.45) is 4.99 Å². The summed E-state index contributed by atoms with van der Waals surface area (Å²) < 4.78 is 44.7. The largest absolute Gasteiger partial charge is 0.459 e. The van der Waals surface area contributed by atoms with Crippen molar-refractivity contribution >= 4 is 50.9 Å². The van der Waals surface area contributed by atoms with Crippen molar-refractivity contribution in [3.8, 4) is 0 Å². The van der Waals surface area contributed by atoms with Gasteiger partial charge >= 0.3 is 0 Å². The molecule has 7 nitrogen and oxygen atoms in total. The topological polar surface area (TPSA) is 86.9 Å². The normalized spacial score (nSPS) is 16.6. The SMILES string of the molecule is CCS(=O)(=O)N1CCC(NC(=NC)NCc2oc3ccc(F)cc3c2C)CC1.I. The maximum atomic E-state index is 13.5. The summed E-state index contributed by atoms with van der Waals surface area (Å²) in [7, 11) is -1.44. The van der Waals surface area contributed by atoms with Crippen LogP contribution in [0.15, 0.2) is 27.6 Å². The molecule has 29 heavy (non-hydrogen) atoms. The Bertz CT molecular complexity index is 969. The molecule has 0 spiro atoms. The maximum Gasteiger partial charge on any atom is 0.213 e. The summed E-state index contributed by atoms with van der Waals surface area (Å²) in [6, 6.07) is 4.64. The molecule has 0 radical (unpaired) electrons. The van der Waals surface area contributed by atoms with E-state index in [1.54, 1.807) is 24.3 Å². The second-order valence-corrected chi connectivity index (χ2v) is 9.19. The molecule has 162 valence electrons. The zero-order valence-corrected chi connectivity index (χ0v) is 20.0. The number of piperidine rings is 1. The number of aliphatic imine (C=N–C) groups is 1. The number of aryl methyl sites for hydroxylation is 1. The summed E-state index contributed by atoms with van der Waals surface area (Å²) in [5.74, 6) is 1.20. The number of furan rings is 1. The van der Waals surface area contributed by atoms with Gasteiger partial charge in [-0.25, -0.2) is 17.1 Å². The average molecular weight is 538 g/mol. The van der Waals surface area contributed by atoms with Crippen molar-refractivity contribution in [2.75, 3.05) is 25.9 Å². The molecule has 0 unspecified atom stereocenters. The molecular formula is C19H28FIN4O3S. The van der Waals surface area contributed by atoms with Crippen LogP contribution >= 0.6 is 24.0 Å². The number of sulfonamides is 1. The summed E-state index contributed by atoms with van der Waals surface area (Å²) in [6.45, 7) is 5.02. The highest BCUT2D eigenvalue weighted by molar-refractivity contribution is 14.0. The van der Waals surface area contributed by atoms with Crippen LogP contribution in [0.3, 0.4) is 0 Å². The molecular weight excluding hydrogens is 510 g/mol. The van der Waals surface area contributed by atoms with Gasteiger partial charge in [-0.1, -0.05) is 0 Å². The van der Waals surface area contributed by atoms with Crippen LogP contribution in [0.2, 0.25) is 0 Å². The zero-order chi connectivity index (χ0) is 20.3. The first-order valence-electron chi connectivity index (χ1n) is 9.46. The van der Waals surface area contributed by atoms with Gasteiger partial charge in [-0.3, -0.25) is 4.99 Å². The minimum absolute atomic E-state index is 0. The van der Waals surface area contributed by atoms with Crippen LogP contribution < -0.4 is 10.6 Å². The Morgan fingerprint density at radius 3 is 2.66 bits per heavy atom. The Hall–Kier alpha value is -1.40. The summed E-state index contributed by atoms with van der Waals surface area (Å²) in [6.07, 6.45) is 1.45. The molecule has 0 bridgehead atoms.